The fourth-order valence-electron chi connectivity index (χ4n) is 1.50. The summed E-state index contributed by atoms with van der Waals surface area (Å²) < 4.78 is 10.1. The minimum Gasteiger partial charge on any atom is -0.493 e. The van der Waals surface area contributed by atoms with E-state index in [1.54, 1.807) is 12.1 Å². The maximum Gasteiger partial charge on any atom is 0.339 e. The highest BCUT2D eigenvalue weighted by molar-refractivity contribution is 5.93. The van der Waals surface area contributed by atoms with Gasteiger partial charge in [0, 0.05) is 0 Å². The lowest BCUT2D eigenvalue weighted by Gasteiger charge is -2.13. The molecule has 0 radical (unpaired) electrons. The maximum absolute atomic E-state index is 11.1. The Bertz CT molecular complexity index is 371. The standard InChI is InChI=1S/C11H14O4/c1-4-7-5-6-8(14-2)10(15-3)9(7)11(12)13/h5-6H,4H2,1-3H3,(H,12,13). The van der Waals surface area contributed by atoms with E-state index in [9.17, 15) is 4.79 Å². The molecule has 0 amide bonds. The van der Waals surface area contributed by atoms with Gasteiger partial charge in [-0.1, -0.05) is 13.0 Å². The topological polar surface area (TPSA) is 55.8 Å². The Morgan fingerprint density at radius 1 is 1.33 bits per heavy atom. The fourth-order valence-corrected chi connectivity index (χ4v) is 1.50. The molecule has 0 saturated carbocycles. The highest BCUT2D eigenvalue weighted by Crippen LogP contribution is 2.33. The van der Waals surface area contributed by atoms with Crippen molar-refractivity contribution in [2.45, 2.75) is 13.3 Å². The zero-order valence-corrected chi connectivity index (χ0v) is 9.03. The molecule has 4 nitrogen and oxygen atoms in total. The zero-order valence-electron chi connectivity index (χ0n) is 9.03. The lowest BCUT2D eigenvalue weighted by molar-refractivity contribution is 0.0691. The minimum atomic E-state index is -0.998. The van der Waals surface area contributed by atoms with E-state index in [1.165, 1.54) is 14.2 Å². The summed E-state index contributed by atoms with van der Waals surface area (Å²) in [6.07, 6.45) is 0.641. The van der Waals surface area contributed by atoms with E-state index in [1.807, 2.05) is 6.92 Å². The summed E-state index contributed by atoms with van der Waals surface area (Å²) in [4.78, 5) is 11.1. The molecule has 0 aliphatic heterocycles. The second-order valence-corrected chi connectivity index (χ2v) is 2.99. The molecule has 1 aromatic rings. The number of aromatic carboxylic acids is 1. The van der Waals surface area contributed by atoms with Crippen molar-refractivity contribution in [2.24, 2.45) is 0 Å². The van der Waals surface area contributed by atoms with Crippen molar-refractivity contribution in [1.82, 2.24) is 0 Å². The van der Waals surface area contributed by atoms with Gasteiger partial charge in [0.05, 0.1) is 14.2 Å². The number of hydrogen-bond acceptors (Lipinski definition) is 3. The van der Waals surface area contributed by atoms with Gasteiger partial charge < -0.3 is 14.6 Å². The van der Waals surface area contributed by atoms with Crippen LogP contribution in [0.5, 0.6) is 11.5 Å². The molecule has 0 atom stereocenters. The number of benzene rings is 1. The molecular weight excluding hydrogens is 196 g/mol. The Balaban J connectivity index is 3.44. The number of carbonyl (C=O) groups is 1. The predicted octanol–water partition coefficient (Wildman–Crippen LogP) is 1.96. The van der Waals surface area contributed by atoms with E-state index in [0.29, 0.717) is 12.2 Å². The van der Waals surface area contributed by atoms with Crippen molar-refractivity contribution in [3.05, 3.63) is 23.3 Å². The first-order chi connectivity index (χ1) is 7.15. The lowest BCUT2D eigenvalue weighted by Crippen LogP contribution is -2.06. The van der Waals surface area contributed by atoms with Gasteiger partial charge >= 0.3 is 5.97 Å². The van der Waals surface area contributed by atoms with E-state index < -0.39 is 5.97 Å². The van der Waals surface area contributed by atoms with Gasteiger partial charge in [0.25, 0.3) is 0 Å². The molecule has 1 rings (SSSR count). The van der Waals surface area contributed by atoms with E-state index in [2.05, 4.69) is 0 Å². The van der Waals surface area contributed by atoms with Gasteiger partial charge in [0.2, 0.25) is 0 Å². The number of carboxylic acids is 1. The van der Waals surface area contributed by atoms with Gasteiger partial charge in [-0.3, -0.25) is 0 Å². The van der Waals surface area contributed by atoms with Crippen LogP contribution < -0.4 is 9.47 Å². The summed E-state index contributed by atoms with van der Waals surface area (Å²) in [5.74, 6) is -0.279. The van der Waals surface area contributed by atoms with Crippen LogP contribution in [0.15, 0.2) is 12.1 Å². The summed E-state index contributed by atoms with van der Waals surface area (Å²) >= 11 is 0. The van der Waals surface area contributed by atoms with E-state index in [-0.39, 0.29) is 11.3 Å². The van der Waals surface area contributed by atoms with Crippen LogP contribution >= 0.6 is 0 Å². The Morgan fingerprint density at radius 3 is 2.40 bits per heavy atom. The summed E-state index contributed by atoms with van der Waals surface area (Å²) in [7, 11) is 2.92. The average molecular weight is 210 g/mol. The second kappa shape index (κ2) is 4.68. The van der Waals surface area contributed by atoms with Gasteiger partial charge in [-0.15, -0.1) is 0 Å². The Labute approximate surface area is 88.4 Å². The molecule has 0 aliphatic carbocycles. The third-order valence-electron chi connectivity index (χ3n) is 2.23. The van der Waals surface area contributed by atoms with Crippen LogP contribution in [0, 0.1) is 0 Å². The van der Waals surface area contributed by atoms with Crippen LogP contribution in [0.25, 0.3) is 0 Å². The highest BCUT2D eigenvalue weighted by Gasteiger charge is 2.19. The molecule has 1 N–H and O–H groups in total. The van der Waals surface area contributed by atoms with E-state index in [4.69, 9.17) is 14.6 Å². The largest absolute Gasteiger partial charge is 0.493 e. The van der Waals surface area contributed by atoms with Gasteiger partial charge in [0.15, 0.2) is 11.5 Å². The van der Waals surface area contributed by atoms with Crippen molar-refractivity contribution in [2.75, 3.05) is 14.2 Å². The van der Waals surface area contributed by atoms with Crippen molar-refractivity contribution in [3.63, 3.8) is 0 Å². The predicted molar refractivity (Wildman–Crippen MR) is 55.9 cm³/mol. The molecule has 0 fully saturated rings. The number of aryl methyl sites for hydroxylation is 1. The van der Waals surface area contributed by atoms with Crippen LogP contribution in [0.2, 0.25) is 0 Å². The highest BCUT2D eigenvalue weighted by atomic mass is 16.5. The van der Waals surface area contributed by atoms with Gasteiger partial charge in [0.1, 0.15) is 5.56 Å². The summed E-state index contributed by atoms with van der Waals surface area (Å²) in [5.41, 5.74) is 0.916. The molecule has 0 saturated heterocycles. The molecule has 0 heterocycles. The monoisotopic (exact) mass is 210 g/mol. The average Bonchev–Trinajstić information content (AvgIpc) is 2.26. The summed E-state index contributed by atoms with van der Waals surface area (Å²) in [6.45, 7) is 1.90. The number of hydrogen-bond donors (Lipinski definition) is 1. The van der Waals surface area contributed by atoms with Crippen LogP contribution in [0.3, 0.4) is 0 Å². The van der Waals surface area contributed by atoms with Crippen LogP contribution in [0.4, 0.5) is 0 Å². The summed E-state index contributed by atoms with van der Waals surface area (Å²) in [5, 5.41) is 9.09. The van der Waals surface area contributed by atoms with Gasteiger partial charge in [-0.25, -0.2) is 4.79 Å². The Kier molecular flexibility index (Phi) is 3.55. The first-order valence-corrected chi connectivity index (χ1v) is 4.62. The van der Waals surface area contributed by atoms with Crippen LogP contribution in [-0.2, 0) is 6.42 Å². The zero-order chi connectivity index (χ0) is 11.4. The fraction of sp³-hybridized carbons (Fsp3) is 0.364. The smallest absolute Gasteiger partial charge is 0.339 e. The van der Waals surface area contributed by atoms with Crippen molar-refractivity contribution in [1.29, 1.82) is 0 Å². The van der Waals surface area contributed by atoms with Crippen molar-refractivity contribution in [3.8, 4) is 11.5 Å². The Hall–Kier alpha value is -1.71. The van der Waals surface area contributed by atoms with E-state index in [0.717, 1.165) is 5.56 Å². The number of methoxy groups -OCH3 is 2. The Morgan fingerprint density at radius 2 is 2.00 bits per heavy atom. The molecular formula is C11H14O4. The molecule has 1 aromatic carbocycles. The van der Waals surface area contributed by atoms with Crippen molar-refractivity contribution >= 4 is 5.97 Å². The number of rotatable bonds is 4. The second-order valence-electron chi connectivity index (χ2n) is 2.99. The molecule has 82 valence electrons. The van der Waals surface area contributed by atoms with Gasteiger partial charge in [-0.2, -0.15) is 0 Å². The number of ether oxygens (including phenoxy) is 2. The number of carboxylic acid groups (broad SMARTS) is 1. The quantitative estimate of drug-likeness (QED) is 0.825. The first kappa shape index (κ1) is 11.4. The molecule has 4 heteroatoms. The van der Waals surface area contributed by atoms with Crippen LogP contribution in [-0.4, -0.2) is 25.3 Å². The molecule has 0 aromatic heterocycles. The molecule has 0 bridgehead atoms. The minimum absolute atomic E-state index is 0.180. The molecule has 0 unspecified atom stereocenters. The molecule has 0 aliphatic rings. The molecule has 0 spiro atoms. The van der Waals surface area contributed by atoms with E-state index >= 15 is 0 Å². The third kappa shape index (κ3) is 2.03. The first-order valence-electron chi connectivity index (χ1n) is 4.62. The molecule has 15 heavy (non-hydrogen) atoms. The summed E-state index contributed by atoms with van der Waals surface area (Å²) in [6, 6.07) is 3.45. The van der Waals surface area contributed by atoms with Gasteiger partial charge in [-0.05, 0) is 18.1 Å². The van der Waals surface area contributed by atoms with Crippen LogP contribution in [0.1, 0.15) is 22.8 Å². The maximum atomic E-state index is 11.1. The normalized spacial score (nSPS) is 9.80. The third-order valence-corrected chi connectivity index (χ3v) is 2.23. The lowest BCUT2D eigenvalue weighted by atomic mass is 10.0. The van der Waals surface area contributed by atoms with Crippen molar-refractivity contribution < 1.29 is 19.4 Å². The SMILES string of the molecule is CCc1ccc(OC)c(OC)c1C(=O)O.